The van der Waals surface area contributed by atoms with Crippen molar-refractivity contribution in [2.45, 2.75) is 31.7 Å². The molecule has 7 heteroatoms. The topological polar surface area (TPSA) is 98.7 Å². The third-order valence-electron chi connectivity index (χ3n) is 4.97. The zero-order valence-corrected chi connectivity index (χ0v) is 14.7. The Bertz CT molecular complexity index is 942. The Labute approximate surface area is 151 Å². The highest BCUT2D eigenvalue weighted by Gasteiger charge is 2.24. The number of hydrogen-bond acceptors (Lipinski definition) is 5. The van der Waals surface area contributed by atoms with Crippen LogP contribution in [0.4, 0.5) is 5.82 Å². The number of nitrogens with two attached hydrogens (primary N) is 1. The molecule has 134 valence electrons. The van der Waals surface area contributed by atoms with Crippen LogP contribution in [-0.2, 0) is 11.8 Å². The van der Waals surface area contributed by atoms with Crippen molar-refractivity contribution >= 4 is 22.6 Å². The molecule has 1 saturated carbocycles. The molecule has 0 bridgehead atoms. The van der Waals surface area contributed by atoms with Crippen LogP contribution in [0, 0.1) is 5.92 Å². The summed E-state index contributed by atoms with van der Waals surface area (Å²) >= 11 is 0. The molecule has 0 aromatic carbocycles. The molecule has 0 radical (unpaired) electrons. The number of amides is 1. The Morgan fingerprint density at radius 2 is 2.04 bits per heavy atom. The van der Waals surface area contributed by atoms with Crippen LogP contribution in [-0.4, -0.2) is 31.7 Å². The smallest absolute Gasteiger partial charge is 0.228 e. The van der Waals surface area contributed by atoms with E-state index in [4.69, 9.17) is 5.73 Å². The predicted octanol–water partition coefficient (Wildman–Crippen LogP) is 2.49. The number of hydrogen-bond donors (Lipinski definition) is 2. The van der Waals surface area contributed by atoms with Gasteiger partial charge in [-0.25, -0.2) is 9.97 Å². The molecular weight excluding hydrogens is 328 g/mol. The van der Waals surface area contributed by atoms with Gasteiger partial charge in [-0.3, -0.25) is 9.48 Å². The van der Waals surface area contributed by atoms with Gasteiger partial charge in [-0.15, -0.1) is 0 Å². The third-order valence-corrected chi connectivity index (χ3v) is 4.97. The molecule has 4 rings (SSSR count). The van der Waals surface area contributed by atoms with E-state index in [9.17, 15) is 4.79 Å². The molecule has 3 aromatic rings. The van der Waals surface area contributed by atoms with Crippen molar-refractivity contribution in [3.8, 4) is 11.3 Å². The van der Waals surface area contributed by atoms with Crippen molar-refractivity contribution in [3.63, 3.8) is 0 Å². The maximum atomic E-state index is 12.5. The van der Waals surface area contributed by atoms with Gasteiger partial charge in [0.15, 0.2) is 0 Å². The summed E-state index contributed by atoms with van der Waals surface area (Å²) < 4.78 is 1.75. The van der Waals surface area contributed by atoms with Crippen molar-refractivity contribution < 1.29 is 4.79 Å². The van der Waals surface area contributed by atoms with E-state index in [0.717, 1.165) is 47.8 Å². The minimum atomic E-state index is 0.0157. The highest BCUT2D eigenvalue weighted by molar-refractivity contribution is 5.93. The van der Waals surface area contributed by atoms with Crippen LogP contribution < -0.4 is 11.1 Å². The number of aromatic nitrogens is 4. The number of fused-ring (bicyclic) bond motifs is 1. The molecule has 7 nitrogen and oxygen atoms in total. The van der Waals surface area contributed by atoms with E-state index < -0.39 is 0 Å². The molecule has 0 saturated heterocycles. The van der Waals surface area contributed by atoms with Crippen LogP contribution >= 0.6 is 0 Å². The molecule has 0 aliphatic heterocycles. The van der Waals surface area contributed by atoms with E-state index >= 15 is 0 Å². The van der Waals surface area contributed by atoms with E-state index in [2.05, 4.69) is 20.4 Å². The van der Waals surface area contributed by atoms with Gasteiger partial charge < -0.3 is 11.1 Å². The molecule has 3 N–H and O–H groups in total. The maximum Gasteiger partial charge on any atom is 0.228 e. The van der Waals surface area contributed by atoms with Crippen LogP contribution in [0.3, 0.4) is 0 Å². The summed E-state index contributed by atoms with van der Waals surface area (Å²) in [4.78, 5) is 21.5. The fraction of sp³-hybridized carbons (Fsp3) is 0.368. The lowest BCUT2D eigenvalue weighted by atomic mass is 9.86. The number of nitrogens with one attached hydrogen (secondary N) is 1. The quantitative estimate of drug-likeness (QED) is 0.756. The minimum absolute atomic E-state index is 0.0157. The van der Waals surface area contributed by atoms with Crippen LogP contribution in [0.25, 0.3) is 22.2 Å². The highest BCUT2D eigenvalue weighted by Crippen LogP contribution is 2.25. The van der Waals surface area contributed by atoms with Crippen molar-refractivity contribution in [2.24, 2.45) is 18.7 Å². The molecule has 1 amide bonds. The summed E-state index contributed by atoms with van der Waals surface area (Å²) in [6.07, 6.45) is 8.92. The highest BCUT2D eigenvalue weighted by atomic mass is 16.1. The molecule has 3 aromatic heterocycles. The number of rotatable bonds is 3. The van der Waals surface area contributed by atoms with E-state index in [1.54, 1.807) is 17.1 Å². The van der Waals surface area contributed by atoms with Gasteiger partial charge in [0.2, 0.25) is 5.91 Å². The van der Waals surface area contributed by atoms with E-state index in [1.807, 2.05) is 31.4 Å². The second-order valence-electron chi connectivity index (χ2n) is 6.96. The zero-order valence-electron chi connectivity index (χ0n) is 14.7. The molecule has 1 aliphatic carbocycles. The van der Waals surface area contributed by atoms with Gasteiger partial charge in [0.1, 0.15) is 5.82 Å². The average Bonchev–Trinajstić information content (AvgIpc) is 3.08. The molecule has 0 atom stereocenters. The number of carbonyl (C=O) groups excluding carboxylic acids is 1. The lowest BCUT2D eigenvalue weighted by molar-refractivity contribution is -0.120. The first-order valence-corrected chi connectivity index (χ1v) is 8.91. The number of nitrogens with zero attached hydrogens (tertiary/aromatic N) is 4. The molecular formula is C19H22N6O. The lowest BCUT2D eigenvalue weighted by Gasteiger charge is -2.24. The summed E-state index contributed by atoms with van der Waals surface area (Å²) in [5.41, 5.74) is 8.51. The number of pyridine rings is 2. The predicted molar refractivity (Wildman–Crippen MR) is 100 cm³/mol. The third kappa shape index (κ3) is 3.43. The SMILES string of the molecule is Cn1cc(-c2ccc3cnc(NC(=O)C4CCC(N)CC4)cc3n2)cn1. The Hall–Kier alpha value is -2.80. The van der Waals surface area contributed by atoms with Gasteiger partial charge in [-0.1, -0.05) is 0 Å². The molecule has 26 heavy (non-hydrogen) atoms. The first kappa shape index (κ1) is 16.7. The summed E-state index contributed by atoms with van der Waals surface area (Å²) in [5, 5.41) is 8.05. The van der Waals surface area contributed by atoms with Gasteiger partial charge >= 0.3 is 0 Å². The van der Waals surface area contributed by atoms with Gasteiger partial charge in [-0.05, 0) is 37.8 Å². The molecule has 3 heterocycles. The van der Waals surface area contributed by atoms with E-state index in [-0.39, 0.29) is 17.9 Å². The van der Waals surface area contributed by atoms with Gasteiger partial charge in [0, 0.05) is 48.4 Å². The monoisotopic (exact) mass is 350 g/mol. The molecule has 0 spiro atoms. The Morgan fingerprint density at radius 1 is 1.23 bits per heavy atom. The Balaban J connectivity index is 1.55. The van der Waals surface area contributed by atoms with Crippen molar-refractivity contribution in [2.75, 3.05) is 5.32 Å². The maximum absolute atomic E-state index is 12.5. The van der Waals surface area contributed by atoms with Crippen LogP contribution in [0.15, 0.2) is 36.8 Å². The van der Waals surface area contributed by atoms with Gasteiger partial charge in [-0.2, -0.15) is 5.10 Å². The Morgan fingerprint density at radius 3 is 2.77 bits per heavy atom. The normalized spacial score (nSPS) is 20.2. The zero-order chi connectivity index (χ0) is 18.1. The number of aryl methyl sites for hydroxylation is 1. The average molecular weight is 350 g/mol. The van der Waals surface area contributed by atoms with Crippen LogP contribution in [0.5, 0.6) is 0 Å². The fourth-order valence-corrected chi connectivity index (χ4v) is 3.41. The summed E-state index contributed by atoms with van der Waals surface area (Å²) in [7, 11) is 1.88. The van der Waals surface area contributed by atoms with Crippen molar-refractivity contribution in [1.29, 1.82) is 0 Å². The van der Waals surface area contributed by atoms with E-state index in [1.165, 1.54) is 0 Å². The van der Waals surface area contributed by atoms with Crippen molar-refractivity contribution in [3.05, 3.63) is 36.8 Å². The fourth-order valence-electron chi connectivity index (χ4n) is 3.41. The summed E-state index contributed by atoms with van der Waals surface area (Å²) in [5.74, 6) is 0.572. The Kier molecular flexibility index (Phi) is 4.38. The second kappa shape index (κ2) is 6.84. The standard InChI is InChI=1S/C19H22N6O/c1-25-11-14(10-22-25)16-7-4-13-9-21-18(8-17(13)23-16)24-19(26)12-2-5-15(20)6-3-12/h4,7-12,15H,2-3,5-6,20H2,1H3,(H,21,24,26). The minimum Gasteiger partial charge on any atom is -0.328 e. The molecule has 1 fully saturated rings. The van der Waals surface area contributed by atoms with Crippen molar-refractivity contribution in [1.82, 2.24) is 19.7 Å². The first-order valence-electron chi connectivity index (χ1n) is 8.91. The van der Waals surface area contributed by atoms with Crippen LogP contribution in [0.1, 0.15) is 25.7 Å². The van der Waals surface area contributed by atoms with Gasteiger partial charge in [0.25, 0.3) is 0 Å². The number of carbonyl (C=O) groups is 1. The first-order chi connectivity index (χ1) is 12.6. The second-order valence-corrected chi connectivity index (χ2v) is 6.96. The summed E-state index contributed by atoms with van der Waals surface area (Å²) in [6, 6.07) is 5.98. The lowest BCUT2D eigenvalue weighted by Crippen LogP contribution is -2.32. The van der Waals surface area contributed by atoms with E-state index in [0.29, 0.717) is 5.82 Å². The molecule has 0 unspecified atom stereocenters. The summed E-state index contributed by atoms with van der Waals surface area (Å²) in [6.45, 7) is 0. The van der Waals surface area contributed by atoms with Gasteiger partial charge in [0.05, 0.1) is 17.4 Å². The molecule has 1 aliphatic rings. The van der Waals surface area contributed by atoms with Crippen LogP contribution in [0.2, 0.25) is 0 Å². The number of anilines is 1. The largest absolute Gasteiger partial charge is 0.328 e.